The molecule has 1 saturated carbocycles. The summed E-state index contributed by atoms with van der Waals surface area (Å²) in [5.41, 5.74) is 4.95. The number of rotatable bonds is 7. The van der Waals surface area contributed by atoms with Crippen molar-refractivity contribution in [2.24, 2.45) is 17.8 Å². The summed E-state index contributed by atoms with van der Waals surface area (Å²) in [5, 5.41) is 5.95. The normalized spacial score (nSPS) is 22.9. The van der Waals surface area contributed by atoms with Crippen molar-refractivity contribution < 1.29 is 13.9 Å². The molecule has 0 radical (unpaired) electrons. The van der Waals surface area contributed by atoms with Crippen molar-refractivity contribution in [3.05, 3.63) is 59.0 Å². The molecule has 1 saturated heterocycles. The van der Waals surface area contributed by atoms with Gasteiger partial charge >= 0.3 is 0 Å². The molecule has 0 bridgehead atoms. The SMILES string of the molecule is CCOc1nc(-c2ccc(C)cc2C(=O)N2CC3C(C)C3[C@H]2CNc2nc3ccccc3o2)cs1. The maximum Gasteiger partial charge on any atom is 0.295 e. The summed E-state index contributed by atoms with van der Waals surface area (Å²) in [6.07, 6.45) is 0. The van der Waals surface area contributed by atoms with Crippen molar-refractivity contribution in [1.29, 1.82) is 0 Å². The first-order chi connectivity index (χ1) is 17.0. The largest absolute Gasteiger partial charge is 0.470 e. The standard InChI is InChI=1S/C27H28N4O3S/c1-4-33-27-30-21(14-35-27)17-10-9-15(2)11-18(17)25(32)31-13-19-16(3)24(19)22(31)12-28-26-29-20-7-5-6-8-23(20)34-26/h5-11,14,16,19,22,24H,4,12-13H2,1-3H3,(H,28,29)/t16?,19?,22-,24?/m1/s1. The van der Waals surface area contributed by atoms with Gasteiger partial charge in [0.25, 0.3) is 17.1 Å². The van der Waals surface area contributed by atoms with Crippen LogP contribution in [0.5, 0.6) is 5.19 Å². The Labute approximate surface area is 208 Å². The summed E-state index contributed by atoms with van der Waals surface area (Å²) in [6, 6.07) is 14.3. The fraction of sp³-hybridized carbons (Fsp3) is 0.370. The Balaban J connectivity index is 1.26. The quantitative estimate of drug-likeness (QED) is 0.371. The Hall–Kier alpha value is -3.39. The number of amides is 1. The molecule has 2 aromatic heterocycles. The zero-order valence-electron chi connectivity index (χ0n) is 20.0. The smallest absolute Gasteiger partial charge is 0.295 e. The molecule has 7 nitrogen and oxygen atoms in total. The van der Waals surface area contributed by atoms with Gasteiger partial charge in [0.15, 0.2) is 5.58 Å². The van der Waals surface area contributed by atoms with E-state index in [4.69, 9.17) is 9.15 Å². The highest BCUT2D eigenvalue weighted by molar-refractivity contribution is 7.11. The molecule has 1 N–H and O–H groups in total. The van der Waals surface area contributed by atoms with E-state index in [1.165, 1.54) is 11.3 Å². The highest BCUT2D eigenvalue weighted by Crippen LogP contribution is 2.55. The number of benzene rings is 2. The predicted molar refractivity (Wildman–Crippen MR) is 137 cm³/mol. The average molecular weight is 489 g/mol. The number of likely N-dealkylation sites (tertiary alicyclic amines) is 1. The number of hydrogen-bond acceptors (Lipinski definition) is 7. The maximum atomic E-state index is 14.0. The number of thiazole rings is 1. The lowest BCUT2D eigenvalue weighted by molar-refractivity contribution is 0.0705. The fourth-order valence-electron chi connectivity index (χ4n) is 5.48. The number of aryl methyl sites for hydroxylation is 1. The first kappa shape index (κ1) is 22.1. The van der Waals surface area contributed by atoms with E-state index < -0.39 is 0 Å². The molecule has 3 unspecified atom stereocenters. The first-order valence-electron chi connectivity index (χ1n) is 12.1. The second kappa shape index (κ2) is 8.68. The van der Waals surface area contributed by atoms with Crippen LogP contribution in [0.2, 0.25) is 0 Å². The molecule has 4 atom stereocenters. The van der Waals surface area contributed by atoms with Crippen LogP contribution in [0.3, 0.4) is 0 Å². The summed E-state index contributed by atoms with van der Waals surface area (Å²) in [5.74, 6) is 1.72. The van der Waals surface area contributed by atoms with E-state index in [0.717, 1.165) is 34.5 Å². The molecule has 2 aromatic carbocycles. The zero-order chi connectivity index (χ0) is 24.1. The number of fused-ring (bicyclic) bond motifs is 2. The molecule has 1 amide bonds. The zero-order valence-corrected chi connectivity index (χ0v) is 20.8. The lowest BCUT2D eigenvalue weighted by Gasteiger charge is -2.29. The molecule has 2 aliphatic rings. The first-order valence-corrected chi connectivity index (χ1v) is 13.0. The number of piperidine rings is 1. The number of hydrogen-bond donors (Lipinski definition) is 1. The second-order valence-electron chi connectivity index (χ2n) is 9.47. The number of oxazole rings is 1. The Bertz CT molecular complexity index is 1360. The van der Waals surface area contributed by atoms with Crippen LogP contribution in [0, 0.1) is 24.7 Å². The number of anilines is 1. The van der Waals surface area contributed by atoms with E-state index in [2.05, 4.69) is 22.2 Å². The van der Waals surface area contributed by atoms with Crippen molar-refractivity contribution >= 4 is 34.4 Å². The molecular weight excluding hydrogens is 460 g/mol. The summed E-state index contributed by atoms with van der Waals surface area (Å²) in [4.78, 5) is 25.2. The third-order valence-corrected chi connectivity index (χ3v) is 8.09. The van der Waals surface area contributed by atoms with Crippen LogP contribution in [0.15, 0.2) is 52.3 Å². The van der Waals surface area contributed by atoms with Crippen LogP contribution < -0.4 is 10.1 Å². The summed E-state index contributed by atoms with van der Waals surface area (Å²) < 4.78 is 11.4. The molecule has 1 aliphatic heterocycles. The van der Waals surface area contributed by atoms with Crippen molar-refractivity contribution in [2.45, 2.75) is 26.8 Å². The number of ether oxygens (including phenoxy) is 1. The highest BCUT2D eigenvalue weighted by Gasteiger charge is 2.59. The lowest BCUT2D eigenvalue weighted by Crippen LogP contribution is -2.43. The van der Waals surface area contributed by atoms with Crippen LogP contribution in [-0.4, -0.2) is 46.5 Å². The van der Waals surface area contributed by atoms with Crippen LogP contribution in [0.4, 0.5) is 6.01 Å². The van der Waals surface area contributed by atoms with Gasteiger partial charge in [-0.3, -0.25) is 4.79 Å². The van der Waals surface area contributed by atoms with Gasteiger partial charge in [-0.1, -0.05) is 48.1 Å². The Kier molecular flexibility index (Phi) is 5.48. The molecule has 35 heavy (non-hydrogen) atoms. The van der Waals surface area contributed by atoms with Crippen molar-refractivity contribution in [3.8, 4) is 16.5 Å². The number of carbonyl (C=O) groups excluding carboxylic acids is 1. The maximum absolute atomic E-state index is 14.0. The van der Waals surface area contributed by atoms with Crippen molar-refractivity contribution in [1.82, 2.24) is 14.9 Å². The predicted octanol–water partition coefficient (Wildman–Crippen LogP) is 5.48. The molecule has 4 aromatic rings. The topological polar surface area (TPSA) is 80.5 Å². The van der Waals surface area contributed by atoms with Crippen LogP contribution in [0.1, 0.15) is 29.8 Å². The summed E-state index contributed by atoms with van der Waals surface area (Å²) >= 11 is 1.46. The molecule has 180 valence electrons. The molecule has 8 heteroatoms. The Morgan fingerprint density at radius 1 is 1.26 bits per heavy atom. The molecule has 6 rings (SSSR count). The fourth-order valence-corrected chi connectivity index (χ4v) is 6.21. The Morgan fingerprint density at radius 2 is 2.11 bits per heavy atom. The monoisotopic (exact) mass is 488 g/mol. The van der Waals surface area contributed by atoms with Gasteiger partial charge in [-0.25, -0.2) is 4.98 Å². The minimum absolute atomic E-state index is 0.0541. The third-order valence-electron chi connectivity index (χ3n) is 7.34. The van der Waals surface area contributed by atoms with E-state index in [0.29, 0.717) is 47.7 Å². The minimum atomic E-state index is 0.0541. The Morgan fingerprint density at radius 3 is 2.94 bits per heavy atom. The molecule has 1 aliphatic carbocycles. The lowest BCUT2D eigenvalue weighted by atomic mass is 10.00. The third kappa shape index (κ3) is 3.95. The van der Waals surface area contributed by atoms with Crippen LogP contribution in [0.25, 0.3) is 22.4 Å². The summed E-state index contributed by atoms with van der Waals surface area (Å²) in [6.45, 7) is 8.19. The van der Waals surface area contributed by atoms with Gasteiger partial charge in [0.2, 0.25) is 0 Å². The van der Waals surface area contributed by atoms with Crippen molar-refractivity contribution in [3.63, 3.8) is 0 Å². The molecular formula is C27H28N4O3S. The van der Waals surface area contributed by atoms with E-state index in [-0.39, 0.29) is 11.9 Å². The number of carbonyl (C=O) groups is 1. The van der Waals surface area contributed by atoms with Gasteiger partial charge in [-0.05, 0) is 49.8 Å². The summed E-state index contributed by atoms with van der Waals surface area (Å²) in [7, 11) is 0. The van der Waals surface area contributed by atoms with Gasteiger partial charge in [0, 0.05) is 29.6 Å². The van der Waals surface area contributed by atoms with Gasteiger partial charge in [0.05, 0.1) is 18.3 Å². The van der Waals surface area contributed by atoms with Crippen LogP contribution >= 0.6 is 11.3 Å². The number of para-hydroxylation sites is 2. The van der Waals surface area contributed by atoms with Gasteiger partial charge < -0.3 is 19.4 Å². The van der Waals surface area contributed by atoms with E-state index in [9.17, 15) is 4.79 Å². The van der Waals surface area contributed by atoms with Gasteiger partial charge in [0.1, 0.15) is 5.52 Å². The minimum Gasteiger partial charge on any atom is -0.470 e. The molecule has 0 spiro atoms. The molecule has 2 fully saturated rings. The number of aromatic nitrogens is 2. The van der Waals surface area contributed by atoms with E-state index in [1.807, 2.05) is 66.6 Å². The number of nitrogens with one attached hydrogen (secondary N) is 1. The highest BCUT2D eigenvalue weighted by atomic mass is 32.1. The van der Waals surface area contributed by atoms with Crippen LogP contribution in [-0.2, 0) is 0 Å². The van der Waals surface area contributed by atoms with E-state index >= 15 is 0 Å². The molecule has 3 heterocycles. The van der Waals surface area contributed by atoms with Gasteiger partial charge in [-0.15, -0.1) is 0 Å². The second-order valence-corrected chi connectivity index (χ2v) is 10.3. The van der Waals surface area contributed by atoms with Gasteiger partial charge in [-0.2, -0.15) is 4.98 Å². The van der Waals surface area contributed by atoms with Crippen molar-refractivity contribution in [2.75, 3.05) is 25.0 Å². The average Bonchev–Trinajstić information content (AvgIpc) is 3.30. The van der Waals surface area contributed by atoms with E-state index in [1.54, 1.807) is 0 Å². The number of nitrogens with zero attached hydrogens (tertiary/aromatic N) is 3.